The number of nitrogens with zero attached hydrogens (tertiary/aromatic N) is 2. The summed E-state index contributed by atoms with van der Waals surface area (Å²) >= 11 is 5.99. The second kappa shape index (κ2) is 8.01. The molecule has 0 bridgehead atoms. The molecule has 1 saturated carbocycles. The normalized spacial score (nSPS) is 18.3. The second-order valence-electron chi connectivity index (χ2n) is 6.80. The molecule has 0 atom stereocenters. The molecule has 9 heteroatoms. The summed E-state index contributed by atoms with van der Waals surface area (Å²) in [5.41, 5.74) is 0.233. The molecule has 1 aromatic rings. The Bertz CT molecular complexity index is 715. The van der Waals surface area contributed by atoms with E-state index in [-0.39, 0.29) is 41.0 Å². The van der Waals surface area contributed by atoms with Crippen LogP contribution in [0.5, 0.6) is 0 Å². The Morgan fingerprint density at radius 1 is 1.23 bits per heavy atom. The van der Waals surface area contributed by atoms with E-state index in [0.29, 0.717) is 5.69 Å². The van der Waals surface area contributed by atoms with E-state index in [9.17, 15) is 19.7 Å². The van der Waals surface area contributed by atoms with Gasteiger partial charge in [0.1, 0.15) is 0 Å². The van der Waals surface area contributed by atoms with Crippen molar-refractivity contribution < 1.29 is 14.5 Å². The van der Waals surface area contributed by atoms with Gasteiger partial charge in [-0.2, -0.15) is 0 Å². The van der Waals surface area contributed by atoms with Gasteiger partial charge in [-0.15, -0.1) is 0 Å². The number of piperidine rings is 1. The Hall–Kier alpha value is -2.19. The zero-order chi connectivity index (χ0) is 18.7. The zero-order valence-electron chi connectivity index (χ0n) is 14.2. The number of carbonyl (C=O) groups is 2. The molecule has 3 rings (SSSR count). The lowest BCUT2D eigenvalue weighted by Gasteiger charge is -2.31. The topological polar surface area (TPSA) is 105 Å². The van der Waals surface area contributed by atoms with Gasteiger partial charge in [-0.1, -0.05) is 11.6 Å². The van der Waals surface area contributed by atoms with Gasteiger partial charge in [0.2, 0.25) is 11.8 Å². The van der Waals surface area contributed by atoms with Crippen molar-refractivity contribution in [2.45, 2.75) is 31.7 Å². The number of amides is 2. The Morgan fingerprint density at radius 2 is 1.92 bits per heavy atom. The molecule has 2 amide bonds. The average Bonchev–Trinajstić information content (AvgIpc) is 3.43. The van der Waals surface area contributed by atoms with Gasteiger partial charge in [-0.25, -0.2) is 0 Å². The summed E-state index contributed by atoms with van der Waals surface area (Å²) in [6.07, 6.45) is 3.64. The number of benzene rings is 1. The largest absolute Gasteiger partial charge is 0.353 e. The highest BCUT2D eigenvalue weighted by Gasteiger charge is 2.31. The third kappa shape index (κ3) is 4.92. The van der Waals surface area contributed by atoms with E-state index in [1.165, 1.54) is 18.2 Å². The molecule has 0 aromatic heterocycles. The van der Waals surface area contributed by atoms with E-state index in [2.05, 4.69) is 10.6 Å². The molecular weight excluding hydrogens is 360 g/mol. The fourth-order valence-corrected chi connectivity index (χ4v) is 3.23. The smallest absolute Gasteiger partial charge is 0.271 e. The second-order valence-corrected chi connectivity index (χ2v) is 7.21. The van der Waals surface area contributed by atoms with Gasteiger partial charge in [0.05, 0.1) is 22.2 Å². The average molecular weight is 381 g/mol. The third-order valence-corrected chi connectivity index (χ3v) is 5.00. The monoisotopic (exact) mass is 380 g/mol. The zero-order valence-corrected chi connectivity index (χ0v) is 15.0. The maximum Gasteiger partial charge on any atom is 0.271 e. The van der Waals surface area contributed by atoms with Crippen molar-refractivity contribution in [3.63, 3.8) is 0 Å². The molecule has 2 fully saturated rings. The number of rotatable bonds is 6. The molecule has 2 N–H and O–H groups in total. The number of likely N-dealkylation sites (tertiary alicyclic amines) is 1. The minimum absolute atomic E-state index is 0.122. The van der Waals surface area contributed by atoms with Gasteiger partial charge in [0, 0.05) is 37.2 Å². The predicted octanol–water partition coefficient (Wildman–Crippen LogP) is 2.18. The fraction of sp³-hybridized carbons (Fsp3) is 0.529. The number of halogens is 1. The van der Waals surface area contributed by atoms with Crippen molar-refractivity contribution in [2.24, 2.45) is 5.92 Å². The highest BCUT2D eigenvalue weighted by atomic mass is 35.5. The van der Waals surface area contributed by atoms with Crippen LogP contribution in [0.25, 0.3) is 0 Å². The van der Waals surface area contributed by atoms with E-state index in [0.717, 1.165) is 38.8 Å². The molecule has 140 valence electrons. The summed E-state index contributed by atoms with van der Waals surface area (Å²) in [5.74, 6) is 0.153. The van der Waals surface area contributed by atoms with Crippen molar-refractivity contribution in [3.05, 3.63) is 33.3 Å². The van der Waals surface area contributed by atoms with E-state index >= 15 is 0 Å². The number of nitrogens with one attached hydrogen (secondary N) is 2. The maximum absolute atomic E-state index is 12.2. The first-order valence-electron chi connectivity index (χ1n) is 8.69. The molecule has 0 spiro atoms. The standard InChI is InChI=1S/C17H21ClN4O4/c18-14-9-13(22(25)26)3-4-15(14)20-16(23)10-21-7-5-12(6-8-21)19-17(24)11-1-2-11/h3-4,9,11-12H,1-2,5-8,10H2,(H,19,24)(H,20,23). The quantitative estimate of drug-likeness (QED) is 0.581. The molecule has 1 aliphatic carbocycles. The SMILES string of the molecule is O=C(CN1CCC(NC(=O)C2CC2)CC1)Nc1ccc([N+](=O)[O-])cc1Cl. The van der Waals surface area contributed by atoms with Gasteiger partial charge in [-0.3, -0.25) is 24.6 Å². The van der Waals surface area contributed by atoms with Crippen LogP contribution < -0.4 is 10.6 Å². The first-order chi connectivity index (χ1) is 12.4. The first-order valence-corrected chi connectivity index (χ1v) is 9.06. The fourth-order valence-electron chi connectivity index (χ4n) is 3.01. The van der Waals surface area contributed by atoms with E-state index in [1.807, 2.05) is 4.90 Å². The van der Waals surface area contributed by atoms with Crippen LogP contribution in [0, 0.1) is 16.0 Å². The van der Waals surface area contributed by atoms with Gasteiger partial charge in [-0.05, 0) is 31.7 Å². The highest BCUT2D eigenvalue weighted by molar-refractivity contribution is 6.34. The summed E-state index contributed by atoms with van der Waals surface area (Å²) in [5, 5.41) is 16.6. The van der Waals surface area contributed by atoms with Crippen molar-refractivity contribution in [3.8, 4) is 0 Å². The number of non-ortho nitro benzene ring substituents is 1. The molecule has 1 aromatic carbocycles. The Balaban J connectivity index is 1.44. The summed E-state index contributed by atoms with van der Waals surface area (Å²) < 4.78 is 0. The van der Waals surface area contributed by atoms with Crippen molar-refractivity contribution in [1.82, 2.24) is 10.2 Å². The van der Waals surface area contributed by atoms with Crippen LogP contribution in [0.4, 0.5) is 11.4 Å². The molecule has 1 saturated heterocycles. The molecular formula is C17H21ClN4O4. The van der Waals surface area contributed by atoms with E-state index in [1.54, 1.807) is 0 Å². The van der Waals surface area contributed by atoms with Crippen molar-refractivity contribution in [1.29, 1.82) is 0 Å². The molecule has 1 aliphatic heterocycles. The molecule has 0 radical (unpaired) electrons. The van der Waals surface area contributed by atoms with E-state index in [4.69, 9.17) is 11.6 Å². The van der Waals surface area contributed by atoms with Crippen molar-refractivity contribution >= 4 is 34.8 Å². The van der Waals surface area contributed by atoms with Crippen LogP contribution in [0.1, 0.15) is 25.7 Å². The number of anilines is 1. The molecule has 0 unspecified atom stereocenters. The molecule has 8 nitrogen and oxygen atoms in total. The highest BCUT2D eigenvalue weighted by Crippen LogP contribution is 2.29. The van der Waals surface area contributed by atoms with Crippen LogP contribution >= 0.6 is 11.6 Å². The van der Waals surface area contributed by atoms with E-state index < -0.39 is 4.92 Å². The number of hydrogen-bond acceptors (Lipinski definition) is 5. The van der Waals surface area contributed by atoms with Crippen LogP contribution in [0.2, 0.25) is 5.02 Å². The minimum Gasteiger partial charge on any atom is -0.353 e. The summed E-state index contributed by atoms with van der Waals surface area (Å²) in [6.45, 7) is 1.69. The number of nitro benzene ring substituents is 1. The van der Waals surface area contributed by atoms with Crippen LogP contribution in [-0.2, 0) is 9.59 Å². The van der Waals surface area contributed by atoms with Gasteiger partial charge >= 0.3 is 0 Å². The minimum atomic E-state index is -0.538. The summed E-state index contributed by atoms with van der Waals surface area (Å²) in [4.78, 5) is 36.2. The lowest BCUT2D eigenvalue weighted by atomic mass is 10.0. The summed E-state index contributed by atoms with van der Waals surface area (Å²) in [7, 11) is 0. The van der Waals surface area contributed by atoms with Crippen molar-refractivity contribution in [2.75, 3.05) is 25.0 Å². The number of nitro groups is 1. The Morgan fingerprint density at radius 3 is 2.50 bits per heavy atom. The molecule has 26 heavy (non-hydrogen) atoms. The van der Waals surface area contributed by atoms with Gasteiger partial charge in [0.25, 0.3) is 5.69 Å². The summed E-state index contributed by atoms with van der Waals surface area (Å²) in [6, 6.07) is 4.13. The lowest BCUT2D eigenvalue weighted by Crippen LogP contribution is -2.46. The third-order valence-electron chi connectivity index (χ3n) is 4.69. The van der Waals surface area contributed by atoms with Gasteiger partial charge in [0.15, 0.2) is 0 Å². The van der Waals surface area contributed by atoms with Crippen LogP contribution in [0.3, 0.4) is 0 Å². The van der Waals surface area contributed by atoms with Crippen LogP contribution in [-0.4, -0.2) is 47.3 Å². The molecule has 1 heterocycles. The lowest BCUT2D eigenvalue weighted by molar-refractivity contribution is -0.384. The first kappa shape index (κ1) is 18.6. The van der Waals surface area contributed by atoms with Gasteiger partial charge < -0.3 is 10.6 Å². The number of hydrogen-bond donors (Lipinski definition) is 2. The Kier molecular flexibility index (Phi) is 5.73. The Labute approximate surface area is 156 Å². The predicted molar refractivity (Wildman–Crippen MR) is 97.1 cm³/mol. The maximum atomic E-state index is 12.2. The van der Waals surface area contributed by atoms with Crippen LogP contribution in [0.15, 0.2) is 18.2 Å². The number of carbonyl (C=O) groups excluding carboxylic acids is 2. The molecule has 2 aliphatic rings.